The van der Waals surface area contributed by atoms with Gasteiger partial charge in [0.05, 0.1) is 13.2 Å². The van der Waals surface area contributed by atoms with Crippen molar-refractivity contribution in [3.63, 3.8) is 0 Å². The monoisotopic (exact) mass is 397 g/mol. The zero-order valence-corrected chi connectivity index (χ0v) is 16.0. The van der Waals surface area contributed by atoms with E-state index in [-0.39, 0.29) is 24.1 Å². The summed E-state index contributed by atoms with van der Waals surface area (Å²) in [6.07, 6.45) is -0.622. The molecule has 1 aromatic rings. The molecule has 140 valence electrons. The first-order chi connectivity index (χ1) is 12.5. The summed E-state index contributed by atoms with van der Waals surface area (Å²) in [4.78, 5) is 37.6. The molecule has 0 saturated carbocycles. The lowest BCUT2D eigenvalue weighted by Crippen LogP contribution is -2.37. The maximum Gasteiger partial charge on any atom is 0.416 e. The number of ether oxygens (including phenoxy) is 3. The molecule has 1 amide bonds. The summed E-state index contributed by atoms with van der Waals surface area (Å²) in [7, 11) is 0. The van der Waals surface area contributed by atoms with Crippen LogP contribution in [-0.2, 0) is 23.8 Å². The van der Waals surface area contributed by atoms with Gasteiger partial charge < -0.3 is 14.2 Å². The van der Waals surface area contributed by atoms with Gasteiger partial charge in [-0.1, -0.05) is 54.3 Å². The van der Waals surface area contributed by atoms with Crippen LogP contribution in [0.1, 0.15) is 25.5 Å². The molecule has 26 heavy (non-hydrogen) atoms. The number of benzene rings is 1. The van der Waals surface area contributed by atoms with Gasteiger partial charge in [0.15, 0.2) is 0 Å². The number of nitrogens with zero attached hydrogens (tertiary/aromatic N) is 1. The number of cyclic esters (lactones) is 1. The van der Waals surface area contributed by atoms with Crippen molar-refractivity contribution >= 4 is 46.3 Å². The predicted molar refractivity (Wildman–Crippen MR) is 99.6 cm³/mol. The second-order valence-corrected chi connectivity index (χ2v) is 6.88. The van der Waals surface area contributed by atoms with E-state index in [9.17, 15) is 14.4 Å². The first kappa shape index (κ1) is 20.2. The third-order valence-corrected chi connectivity index (χ3v) is 4.98. The third kappa shape index (κ3) is 4.73. The van der Waals surface area contributed by atoms with Crippen molar-refractivity contribution in [1.29, 1.82) is 0 Å². The van der Waals surface area contributed by atoms with Crippen LogP contribution in [0.2, 0.25) is 0 Å². The van der Waals surface area contributed by atoms with Crippen LogP contribution >= 0.6 is 24.0 Å². The Hall–Kier alpha value is -2.13. The summed E-state index contributed by atoms with van der Waals surface area (Å²) in [5, 5.41) is -1.30. The van der Waals surface area contributed by atoms with E-state index < -0.39 is 29.3 Å². The fourth-order valence-electron chi connectivity index (χ4n) is 2.33. The van der Waals surface area contributed by atoms with E-state index >= 15 is 0 Å². The third-order valence-electron chi connectivity index (χ3n) is 3.47. The Balaban J connectivity index is 2.19. The molecule has 0 bridgehead atoms. The first-order valence-electron chi connectivity index (χ1n) is 8.04. The highest BCUT2D eigenvalue weighted by Crippen LogP contribution is 2.32. The van der Waals surface area contributed by atoms with E-state index in [2.05, 4.69) is 0 Å². The SMILES string of the molecule is CCOC(=O)C(SC(=S)N1C(=O)OCC1c1ccccc1)C(=O)OCC. The minimum Gasteiger partial charge on any atom is -0.465 e. The van der Waals surface area contributed by atoms with Crippen molar-refractivity contribution in [3.05, 3.63) is 35.9 Å². The highest BCUT2D eigenvalue weighted by molar-refractivity contribution is 8.24. The van der Waals surface area contributed by atoms with E-state index in [1.165, 1.54) is 4.90 Å². The maximum atomic E-state index is 12.1. The molecule has 1 unspecified atom stereocenters. The predicted octanol–water partition coefficient (Wildman–Crippen LogP) is 2.69. The van der Waals surface area contributed by atoms with Crippen LogP contribution in [0.15, 0.2) is 30.3 Å². The molecule has 1 aliphatic heterocycles. The van der Waals surface area contributed by atoms with E-state index in [0.717, 1.165) is 17.3 Å². The fourth-order valence-corrected chi connectivity index (χ4v) is 3.67. The molecule has 1 atom stereocenters. The van der Waals surface area contributed by atoms with Gasteiger partial charge in [0.25, 0.3) is 0 Å². The van der Waals surface area contributed by atoms with Gasteiger partial charge in [0.1, 0.15) is 17.0 Å². The van der Waals surface area contributed by atoms with Crippen LogP contribution in [0, 0.1) is 0 Å². The van der Waals surface area contributed by atoms with Gasteiger partial charge in [-0.2, -0.15) is 0 Å². The number of carbonyl (C=O) groups is 3. The average Bonchev–Trinajstić information content (AvgIpc) is 3.02. The van der Waals surface area contributed by atoms with Crippen LogP contribution in [0.5, 0.6) is 0 Å². The molecule has 1 heterocycles. The lowest BCUT2D eigenvalue weighted by Gasteiger charge is -2.23. The highest BCUT2D eigenvalue weighted by Gasteiger charge is 2.40. The van der Waals surface area contributed by atoms with Crippen molar-refractivity contribution in [1.82, 2.24) is 4.90 Å². The van der Waals surface area contributed by atoms with Gasteiger partial charge in [-0.25, -0.2) is 4.79 Å². The van der Waals surface area contributed by atoms with E-state index in [1.54, 1.807) is 13.8 Å². The molecule has 9 heteroatoms. The van der Waals surface area contributed by atoms with E-state index in [1.807, 2.05) is 30.3 Å². The molecule has 1 aliphatic rings. The Kier molecular flexibility index (Phi) is 7.40. The Labute approximate surface area is 161 Å². The van der Waals surface area contributed by atoms with E-state index in [4.69, 9.17) is 26.4 Å². The van der Waals surface area contributed by atoms with Crippen molar-refractivity contribution < 1.29 is 28.6 Å². The highest BCUT2D eigenvalue weighted by atomic mass is 32.2. The number of carbonyl (C=O) groups excluding carboxylic acids is 3. The van der Waals surface area contributed by atoms with Crippen molar-refractivity contribution in [2.24, 2.45) is 0 Å². The van der Waals surface area contributed by atoms with Gasteiger partial charge in [0.2, 0.25) is 5.25 Å². The number of thioether (sulfide) groups is 1. The van der Waals surface area contributed by atoms with Gasteiger partial charge >= 0.3 is 18.0 Å². The maximum absolute atomic E-state index is 12.1. The molecular formula is C17H19NO6S2. The molecule has 2 rings (SSSR count). The van der Waals surface area contributed by atoms with Crippen molar-refractivity contribution in [2.45, 2.75) is 25.1 Å². The topological polar surface area (TPSA) is 82.1 Å². The number of rotatable bonds is 6. The summed E-state index contributed by atoms with van der Waals surface area (Å²) in [6.45, 7) is 3.62. The summed E-state index contributed by atoms with van der Waals surface area (Å²) in [6, 6.07) is 8.81. The Morgan fingerprint density at radius 1 is 1.23 bits per heavy atom. The Morgan fingerprint density at radius 2 is 1.81 bits per heavy atom. The van der Waals surface area contributed by atoms with Crippen LogP contribution < -0.4 is 0 Å². The Morgan fingerprint density at radius 3 is 2.35 bits per heavy atom. The molecule has 0 spiro atoms. The van der Waals surface area contributed by atoms with Gasteiger partial charge in [-0.15, -0.1) is 0 Å². The van der Waals surface area contributed by atoms with Gasteiger partial charge in [0, 0.05) is 0 Å². The van der Waals surface area contributed by atoms with Crippen LogP contribution in [0.3, 0.4) is 0 Å². The molecule has 1 saturated heterocycles. The normalized spacial score (nSPS) is 16.3. The fraction of sp³-hybridized carbons (Fsp3) is 0.412. The molecule has 7 nitrogen and oxygen atoms in total. The lowest BCUT2D eigenvalue weighted by atomic mass is 10.1. The number of hydrogen-bond acceptors (Lipinski definition) is 8. The molecule has 0 N–H and O–H groups in total. The summed E-state index contributed by atoms with van der Waals surface area (Å²) < 4.78 is 15.0. The summed E-state index contributed by atoms with van der Waals surface area (Å²) in [5.74, 6) is -1.52. The summed E-state index contributed by atoms with van der Waals surface area (Å²) >= 11 is 6.07. The summed E-state index contributed by atoms with van der Waals surface area (Å²) in [5.41, 5.74) is 0.838. The second-order valence-electron chi connectivity index (χ2n) is 5.14. The quantitative estimate of drug-likeness (QED) is 0.314. The van der Waals surface area contributed by atoms with Crippen LogP contribution in [0.25, 0.3) is 0 Å². The standard InChI is InChI=1S/C17H19NO6S2/c1-3-22-14(19)13(15(20)23-4-2)26-17(25)18-12(10-24-16(18)21)11-8-6-5-7-9-11/h5-9,12-13H,3-4,10H2,1-2H3. The number of amides is 1. The van der Waals surface area contributed by atoms with Crippen LogP contribution in [-0.4, -0.2) is 52.3 Å². The lowest BCUT2D eigenvalue weighted by molar-refractivity contribution is -0.152. The zero-order chi connectivity index (χ0) is 19.1. The average molecular weight is 397 g/mol. The van der Waals surface area contributed by atoms with Crippen molar-refractivity contribution in [2.75, 3.05) is 19.8 Å². The minimum absolute atomic E-state index is 0.0486. The molecule has 0 radical (unpaired) electrons. The van der Waals surface area contributed by atoms with Gasteiger partial charge in [-0.05, 0) is 19.4 Å². The van der Waals surface area contributed by atoms with Gasteiger partial charge in [-0.3, -0.25) is 14.5 Å². The molecule has 1 fully saturated rings. The number of esters is 2. The Bertz CT molecular complexity index is 663. The number of hydrogen-bond donors (Lipinski definition) is 0. The second kappa shape index (κ2) is 9.54. The number of thiocarbonyl (C=S) groups is 1. The molecule has 0 aromatic heterocycles. The zero-order valence-electron chi connectivity index (χ0n) is 14.4. The van der Waals surface area contributed by atoms with E-state index in [0.29, 0.717) is 0 Å². The van der Waals surface area contributed by atoms with Crippen LogP contribution in [0.4, 0.5) is 4.79 Å². The minimum atomic E-state index is -1.30. The first-order valence-corrected chi connectivity index (χ1v) is 9.33. The van der Waals surface area contributed by atoms with Crippen molar-refractivity contribution in [3.8, 4) is 0 Å². The molecule has 1 aromatic carbocycles. The smallest absolute Gasteiger partial charge is 0.416 e. The largest absolute Gasteiger partial charge is 0.465 e. The molecule has 0 aliphatic carbocycles. The molecular weight excluding hydrogens is 378 g/mol.